The van der Waals surface area contributed by atoms with Crippen LogP contribution in [0.1, 0.15) is 28.4 Å². The van der Waals surface area contributed by atoms with Crippen LogP contribution < -0.4 is 4.74 Å². The number of H-pyrrole nitrogens is 1. The number of aryl methyl sites for hydroxylation is 3. The Hall–Kier alpha value is -1.99. The van der Waals surface area contributed by atoms with Crippen molar-refractivity contribution >= 4 is 23.4 Å². The van der Waals surface area contributed by atoms with E-state index in [-0.39, 0.29) is 0 Å². The second-order valence-corrected chi connectivity index (χ2v) is 6.71. The average Bonchev–Trinajstić information content (AvgIpc) is 3.14. The number of thioether (sulfide) groups is 1. The Morgan fingerprint density at radius 2 is 2.12 bits per heavy atom. The Balaban J connectivity index is 1.56. The van der Waals surface area contributed by atoms with Gasteiger partial charge in [0.2, 0.25) is 5.16 Å². The van der Waals surface area contributed by atoms with Crippen LogP contribution in [0.2, 0.25) is 5.02 Å². The summed E-state index contributed by atoms with van der Waals surface area (Å²) in [5.41, 5.74) is 2.96. The first-order valence-electron chi connectivity index (χ1n) is 7.37. The van der Waals surface area contributed by atoms with E-state index in [0.29, 0.717) is 17.6 Å². The van der Waals surface area contributed by atoms with Gasteiger partial charge in [-0.3, -0.25) is 5.10 Å². The van der Waals surface area contributed by atoms with Gasteiger partial charge in [-0.15, -0.1) is 5.10 Å². The van der Waals surface area contributed by atoms with Crippen molar-refractivity contribution in [3.05, 3.63) is 51.6 Å². The highest BCUT2D eigenvalue weighted by atomic mass is 35.5. The summed E-state index contributed by atoms with van der Waals surface area (Å²) < 4.78 is 10.9. The van der Waals surface area contributed by atoms with E-state index in [1.54, 1.807) is 0 Å². The Bertz CT molecular complexity index is 827. The molecule has 0 fully saturated rings. The van der Waals surface area contributed by atoms with Crippen molar-refractivity contribution in [2.24, 2.45) is 0 Å². The van der Waals surface area contributed by atoms with Crippen LogP contribution in [0.3, 0.4) is 0 Å². The number of aromatic nitrogens is 4. The number of rotatable bonds is 6. The topological polar surface area (TPSA) is 76.8 Å². The van der Waals surface area contributed by atoms with Crippen LogP contribution in [0, 0.1) is 20.8 Å². The van der Waals surface area contributed by atoms with Crippen LogP contribution in [0.25, 0.3) is 0 Å². The minimum Gasteiger partial charge on any atom is -0.486 e. The van der Waals surface area contributed by atoms with Crippen molar-refractivity contribution in [3.63, 3.8) is 0 Å². The molecule has 0 aliphatic rings. The van der Waals surface area contributed by atoms with Gasteiger partial charge in [0, 0.05) is 16.3 Å². The van der Waals surface area contributed by atoms with Crippen molar-refractivity contribution in [2.75, 3.05) is 0 Å². The third-order valence-corrected chi connectivity index (χ3v) is 4.84. The van der Waals surface area contributed by atoms with Gasteiger partial charge in [0.15, 0.2) is 5.82 Å². The monoisotopic (exact) mass is 364 g/mol. The van der Waals surface area contributed by atoms with Crippen molar-refractivity contribution in [2.45, 2.75) is 38.3 Å². The fraction of sp³-hybridized carbons (Fsp3) is 0.312. The van der Waals surface area contributed by atoms with Gasteiger partial charge >= 0.3 is 0 Å². The number of nitrogens with zero attached hydrogens (tertiary/aromatic N) is 3. The fourth-order valence-electron chi connectivity index (χ4n) is 2.11. The van der Waals surface area contributed by atoms with Crippen LogP contribution >= 0.6 is 23.4 Å². The zero-order valence-corrected chi connectivity index (χ0v) is 15.2. The summed E-state index contributed by atoms with van der Waals surface area (Å²) >= 11 is 7.53. The molecule has 2 heterocycles. The van der Waals surface area contributed by atoms with Gasteiger partial charge in [-0.2, -0.15) is 0 Å². The maximum absolute atomic E-state index is 6.00. The highest BCUT2D eigenvalue weighted by molar-refractivity contribution is 7.98. The third kappa shape index (κ3) is 3.91. The largest absolute Gasteiger partial charge is 0.486 e. The van der Waals surface area contributed by atoms with E-state index in [4.69, 9.17) is 20.9 Å². The van der Waals surface area contributed by atoms with Gasteiger partial charge in [-0.05, 0) is 44.5 Å². The molecule has 24 heavy (non-hydrogen) atoms. The van der Waals surface area contributed by atoms with Crippen LogP contribution in [0.4, 0.5) is 0 Å². The van der Waals surface area contributed by atoms with Crippen molar-refractivity contribution in [1.82, 2.24) is 20.3 Å². The molecule has 0 amide bonds. The van der Waals surface area contributed by atoms with E-state index in [1.807, 2.05) is 39.0 Å². The highest BCUT2D eigenvalue weighted by Gasteiger charge is 2.11. The van der Waals surface area contributed by atoms with Crippen molar-refractivity contribution in [1.29, 1.82) is 0 Å². The number of nitrogens with one attached hydrogen (secondary N) is 1. The van der Waals surface area contributed by atoms with Crippen LogP contribution in [0.15, 0.2) is 27.9 Å². The zero-order valence-electron chi connectivity index (χ0n) is 13.6. The fourth-order valence-corrected chi connectivity index (χ4v) is 3.20. The van der Waals surface area contributed by atoms with E-state index >= 15 is 0 Å². The first kappa shape index (κ1) is 16.9. The summed E-state index contributed by atoms with van der Waals surface area (Å²) in [5.74, 6) is 2.97. The average molecular weight is 365 g/mol. The molecule has 2 aromatic heterocycles. The Kier molecular flexibility index (Phi) is 5.11. The number of ether oxygens (including phenoxy) is 1. The van der Waals surface area contributed by atoms with Crippen LogP contribution in [-0.2, 0) is 12.4 Å². The molecule has 0 unspecified atom stereocenters. The Morgan fingerprint density at radius 1 is 1.29 bits per heavy atom. The molecule has 0 aliphatic heterocycles. The number of hydrogen-bond acceptors (Lipinski definition) is 6. The second kappa shape index (κ2) is 7.27. The third-order valence-electron chi connectivity index (χ3n) is 3.54. The molecular weight excluding hydrogens is 348 g/mol. The molecular formula is C16H17ClN4O2S. The number of benzene rings is 1. The summed E-state index contributed by atoms with van der Waals surface area (Å²) in [6, 6.07) is 5.54. The van der Waals surface area contributed by atoms with E-state index < -0.39 is 0 Å². The summed E-state index contributed by atoms with van der Waals surface area (Å²) in [5, 5.41) is 12.4. The first-order chi connectivity index (χ1) is 11.5. The molecule has 126 valence electrons. The number of hydrogen-bond donors (Lipinski definition) is 1. The smallest absolute Gasteiger partial charge is 0.208 e. The molecule has 0 aliphatic carbocycles. The molecule has 0 saturated heterocycles. The zero-order chi connectivity index (χ0) is 17.1. The quantitative estimate of drug-likeness (QED) is 0.659. The van der Waals surface area contributed by atoms with Crippen LogP contribution in [0.5, 0.6) is 5.75 Å². The molecule has 1 N–H and O–H groups in total. The minimum absolute atomic E-state index is 0.319. The molecule has 6 nitrogen and oxygen atoms in total. The summed E-state index contributed by atoms with van der Waals surface area (Å²) in [4.78, 5) is 4.42. The molecule has 0 spiro atoms. The van der Waals surface area contributed by atoms with Gasteiger partial charge in [-0.1, -0.05) is 28.5 Å². The van der Waals surface area contributed by atoms with Gasteiger partial charge in [0.1, 0.15) is 18.1 Å². The van der Waals surface area contributed by atoms with E-state index in [9.17, 15) is 0 Å². The van der Waals surface area contributed by atoms with Gasteiger partial charge in [-0.25, -0.2) is 4.98 Å². The van der Waals surface area contributed by atoms with Gasteiger partial charge in [0.25, 0.3) is 0 Å². The van der Waals surface area contributed by atoms with E-state index in [2.05, 4.69) is 20.3 Å². The van der Waals surface area contributed by atoms with E-state index in [0.717, 1.165) is 39.1 Å². The second-order valence-electron chi connectivity index (χ2n) is 5.36. The lowest BCUT2D eigenvalue weighted by Crippen LogP contribution is -1.98. The lowest BCUT2D eigenvalue weighted by molar-refractivity contribution is 0.296. The molecule has 8 heteroatoms. The molecule has 3 aromatic rings. The molecule has 0 bridgehead atoms. The molecule has 1 aromatic carbocycles. The normalized spacial score (nSPS) is 11.0. The Morgan fingerprint density at radius 3 is 2.83 bits per heavy atom. The maximum atomic E-state index is 6.00. The minimum atomic E-state index is 0.319. The summed E-state index contributed by atoms with van der Waals surface area (Å²) in [7, 11) is 0. The van der Waals surface area contributed by atoms with E-state index in [1.165, 1.54) is 11.8 Å². The predicted octanol–water partition coefficient (Wildman–Crippen LogP) is 4.24. The standard InChI is InChI=1S/C16H17ClN4O2S/c1-9-6-12(4-5-14(9)17)22-7-15-18-16(20-19-15)24-8-13-10(2)21-23-11(13)3/h4-6H,7-8H2,1-3H3,(H,18,19,20). The lowest BCUT2D eigenvalue weighted by Gasteiger charge is -2.05. The molecule has 3 rings (SSSR count). The maximum Gasteiger partial charge on any atom is 0.208 e. The van der Waals surface area contributed by atoms with Gasteiger partial charge in [0.05, 0.1) is 5.69 Å². The van der Waals surface area contributed by atoms with Crippen LogP contribution in [-0.4, -0.2) is 20.3 Å². The molecule has 0 saturated carbocycles. The number of aromatic amines is 1. The molecule has 0 radical (unpaired) electrons. The summed E-state index contributed by atoms with van der Waals surface area (Å²) in [6.45, 7) is 6.09. The molecule has 0 atom stereocenters. The SMILES string of the molecule is Cc1cc(OCc2nc(SCc3c(C)noc3C)n[nH]2)ccc1Cl. The summed E-state index contributed by atoms with van der Waals surface area (Å²) in [6.07, 6.45) is 0. The van der Waals surface area contributed by atoms with Crippen molar-refractivity contribution in [3.8, 4) is 5.75 Å². The highest BCUT2D eigenvalue weighted by Crippen LogP contribution is 2.24. The Labute approximate surface area is 148 Å². The lowest BCUT2D eigenvalue weighted by atomic mass is 10.2. The number of halogens is 1. The van der Waals surface area contributed by atoms with Gasteiger partial charge < -0.3 is 9.26 Å². The predicted molar refractivity (Wildman–Crippen MR) is 92.4 cm³/mol. The first-order valence-corrected chi connectivity index (χ1v) is 8.74. The van der Waals surface area contributed by atoms with Crippen molar-refractivity contribution < 1.29 is 9.26 Å².